The van der Waals surface area contributed by atoms with Crippen molar-refractivity contribution >= 4 is 0 Å². The molecule has 0 amide bonds. The van der Waals surface area contributed by atoms with E-state index in [1.807, 2.05) is 0 Å². The first-order chi connectivity index (χ1) is 14.5. The molecule has 0 radical (unpaired) electrons. The summed E-state index contributed by atoms with van der Waals surface area (Å²) < 4.78 is 0. The molecule has 150 valence electrons. The smallest absolute Gasteiger partial charge is 0.00666 e. The summed E-state index contributed by atoms with van der Waals surface area (Å²) in [6, 6.07) is 31.2. The lowest BCUT2D eigenvalue weighted by atomic mass is 9.83. The monoisotopic (exact) mass is 390 g/mol. The van der Waals surface area contributed by atoms with Gasteiger partial charge in [-0.1, -0.05) is 103 Å². The van der Waals surface area contributed by atoms with Gasteiger partial charge in [-0.25, -0.2) is 0 Å². The first-order valence-corrected chi connectivity index (χ1v) is 10.8. The van der Waals surface area contributed by atoms with Crippen molar-refractivity contribution in [3.05, 3.63) is 118 Å². The first kappa shape index (κ1) is 20.2. The van der Waals surface area contributed by atoms with Gasteiger partial charge in [-0.2, -0.15) is 0 Å². The molecule has 4 aromatic rings. The fourth-order valence-electron chi connectivity index (χ4n) is 4.50. The highest BCUT2D eigenvalue weighted by Crippen LogP contribution is 2.36. The van der Waals surface area contributed by atoms with Crippen LogP contribution >= 0.6 is 0 Å². The minimum Gasteiger partial charge on any atom is -0.0613 e. The maximum absolute atomic E-state index is 2.34. The third kappa shape index (κ3) is 3.83. The standard InChI is InChI=1S/C30H30/c1-20-12-16-25(17-13-20)29-10-6-8-27(23(29)4)22(3)28-9-7-11-30(24(28)5)26-18-14-21(2)15-19-26/h6-19,22H,1-5H3. The number of aryl methyl sites for hydroxylation is 2. The van der Waals surface area contributed by atoms with Crippen molar-refractivity contribution < 1.29 is 0 Å². The largest absolute Gasteiger partial charge is 0.0613 e. The molecule has 0 heterocycles. The highest BCUT2D eigenvalue weighted by molar-refractivity contribution is 5.71. The van der Waals surface area contributed by atoms with Crippen LogP contribution in [0.3, 0.4) is 0 Å². The van der Waals surface area contributed by atoms with Gasteiger partial charge in [0.15, 0.2) is 0 Å². The number of benzene rings is 4. The summed E-state index contributed by atoms with van der Waals surface area (Å²) >= 11 is 0. The lowest BCUT2D eigenvalue weighted by Crippen LogP contribution is -2.03. The SMILES string of the molecule is Cc1ccc(-c2cccc(C(C)c3cccc(-c4ccc(C)cc4)c3C)c2C)cc1. The van der Waals surface area contributed by atoms with E-state index in [0.29, 0.717) is 5.92 Å². The third-order valence-electron chi connectivity index (χ3n) is 6.41. The molecule has 0 saturated heterocycles. The van der Waals surface area contributed by atoms with Crippen LogP contribution in [0.4, 0.5) is 0 Å². The van der Waals surface area contributed by atoms with Crippen molar-refractivity contribution in [3.8, 4) is 22.3 Å². The Balaban J connectivity index is 1.76. The molecule has 0 unspecified atom stereocenters. The van der Waals surface area contributed by atoms with Gasteiger partial charge in [0.2, 0.25) is 0 Å². The topological polar surface area (TPSA) is 0 Å². The second-order valence-corrected chi connectivity index (χ2v) is 8.49. The van der Waals surface area contributed by atoms with E-state index in [-0.39, 0.29) is 0 Å². The van der Waals surface area contributed by atoms with Crippen LogP contribution in [0.15, 0.2) is 84.9 Å². The highest BCUT2D eigenvalue weighted by atomic mass is 14.2. The van der Waals surface area contributed by atoms with Crippen molar-refractivity contribution in [2.24, 2.45) is 0 Å². The van der Waals surface area contributed by atoms with Gasteiger partial charge in [0, 0.05) is 5.92 Å². The fraction of sp³-hybridized carbons (Fsp3) is 0.200. The molecule has 0 nitrogen and oxygen atoms in total. The van der Waals surface area contributed by atoms with Crippen LogP contribution in [0.1, 0.15) is 46.2 Å². The summed E-state index contributed by atoms with van der Waals surface area (Å²) in [6.07, 6.45) is 0. The molecule has 30 heavy (non-hydrogen) atoms. The fourth-order valence-corrected chi connectivity index (χ4v) is 4.50. The molecule has 0 aliphatic rings. The molecule has 0 aromatic heterocycles. The summed E-state index contributed by atoms with van der Waals surface area (Å²) in [5.41, 5.74) is 13.4. The van der Waals surface area contributed by atoms with Crippen LogP contribution in [0.5, 0.6) is 0 Å². The van der Waals surface area contributed by atoms with Crippen LogP contribution in [0.2, 0.25) is 0 Å². The Morgan fingerprint density at radius 3 is 1.20 bits per heavy atom. The molecule has 4 aromatic carbocycles. The zero-order valence-corrected chi connectivity index (χ0v) is 18.7. The highest BCUT2D eigenvalue weighted by Gasteiger charge is 2.17. The molecule has 0 bridgehead atoms. The Bertz CT molecular complexity index is 1070. The van der Waals surface area contributed by atoms with E-state index in [2.05, 4.69) is 120 Å². The van der Waals surface area contributed by atoms with Crippen LogP contribution in [-0.2, 0) is 0 Å². The summed E-state index contributed by atoms with van der Waals surface area (Å²) in [7, 11) is 0. The Kier molecular flexibility index (Phi) is 5.59. The second-order valence-electron chi connectivity index (χ2n) is 8.49. The minimum atomic E-state index is 0.334. The van der Waals surface area contributed by atoms with Crippen LogP contribution < -0.4 is 0 Å². The van der Waals surface area contributed by atoms with E-state index in [1.165, 1.54) is 55.6 Å². The Morgan fingerprint density at radius 1 is 0.467 bits per heavy atom. The van der Waals surface area contributed by atoms with Gasteiger partial charge in [0.05, 0.1) is 0 Å². The maximum atomic E-state index is 2.34. The maximum Gasteiger partial charge on any atom is 0.00666 e. The summed E-state index contributed by atoms with van der Waals surface area (Å²) in [6.45, 7) is 11.1. The normalized spacial score (nSPS) is 11.1. The molecule has 0 heteroatoms. The zero-order valence-electron chi connectivity index (χ0n) is 18.7. The van der Waals surface area contributed by atoms with Crippen molar-refractivity contribution in [3.63, 3.8) is 0 Å². The zero-order chi connectivity index (χ0) is 21.3. The Morgan fingerprint density at radius 2 is 0.833 bits per heavy atom. The van der Waals surface area contributed by atoms with E-state index >= 15 is 0 Å². The van der Waals surface area contributed by atoms with E-state index < -0.39 is 0 Å². The van der Waals surface area contributed by atoms with Crippen LogP contribution in [-0.4, -0.2) is 0 Å². The summed E-state index contributed by atoms with van der Waals surface area (Å²) in [5.74, 6) is 0.334. The molecule has 0 saturated carbocycles. The number of hydrogen-bond acceptors (Lipinski definition) is 0. The lowest BCUT2D eigenvalue weighted by molar-refractivity contribution is 0.900. The molecule has 0 fully saturated rings. The van der Waals surface area contributed by atoms with E-state index in [1.54, 1.807) is 0 Å². The summed E-state index contributed by atoms with van der Waals surface area (Å²) in [5, 5.41) is 0. The Labute approximate surface area is 181 Å². The second kappa shape index (κ2) is 8.32. The molecule has 0 N–H and O–H groups in total. The summed E-state index contributed by atoms with van der Waals surface area (Å²) in [4.78, 5) is 0. The first-order valence-electron chi connectivity index (χ1n) is 10.8. The van der Waals surface area contributed by atoms with Crippen LogP contribution in [0.25, 0.3) is 22.3 Å². The molecule has 0 aliphatic heterocycles. The lowest BCUT2D eigenvalue weighted by Gasteiger charge is -2.21. The quantitative estimate of drug-likeness (QED) is 0.328. The van der Waals surface area contributed by atoms with Gasteiger partial charge in [-0.3, -0.25) is 0 Å². The van der Waals surface area contributed by atoms with E-state index in [9.17, 15) is 0 Å². The van der Waals surface area contributed by atoms with Crippen molar-refractivity contribution in [2.45, 2.75) is 40.5 Å². The average molecular weight is 391 g/mol. The molecular weight excluding hydrogens is 360 g/mol. The van der Waals surface area contributed by atoms with Gasteiger partial charge < -0.3 is 0 Å². The number of hydrogen-bond donors (Lipinski definition) is 0. The van der Waals surface area contributed by atoms with Gasteiger partial charge in [-0.15, -0.1) is 0 Å². The van der Waals surface area contributed by atoms with Gasteiger partial charge >= 0.3 is 0 Å². The third-order valence-corrected chi connectivity index (χ3v) is 6.41. The molecule has 0 spiro atoms. The predicted octanol–water partition coefficient (Wildman–Crippen LogP) is 8.41. The van der Waals surface area contributed by atoms with Crippen molar-refractivity contribution in [1.29, 1.82) is 0 Å². The van der Waals surface area contributed by atoms with Crippen LogP contribution in [0, 0.1) is 27.7 Å². The van der Waals surface area contributed by atoms with Gasteiger partial charge in [0.25, 0.3) is 0 Å². The Hall–Kier alpha value is -3.12. The van der Waals surface area contributed by atoms with Crippen molar-refractivity contribution in [2.75, 3.05) is 0 Å². The van der Waals surface area contributed by atoms with Gasteiger partial charge in [0.1, 0.15) is 0 Å². The molecule has 4 rings (SSSR count). The predicted molar refractivity (Wildman–Crippen MR) is 130 cm³/mol. The average Bonchev–Trinajstić information content (AvgIpc) is 2.75. The number of rotatable bonds is 4. The van der Waals surface area contributed by atoms with Crippen molar-refractivity contribution in [1.82, 2.24) is 0 Å². The minimum absolute atomic E-state index is 0.334. The van der Waals surface area contributed by atoms with E-state index in [0.717, 1.165) is 0 Å². The van der Waals surface area contributed by atoms with Gasteiger partial charge in [-0.05, 0) is 72.2 Å². The van der Waals surface area contributed by atoms with E-state index in [4.69, 9.17) is 0 Å². The molecule has 0 atom stereocenters. The molecular formula is C30H30. The molecule has 0 aliphatic carbocycles.